The van der Waals surface area contributed by atoms with Gasteiger partial charge in [-0.3, -0.25) is 4.72 Å². The molecule has 0 aromatic carbocycles. The summed E-state index contributed by atoms with van der Waals surface area (Å²) in [7, 11) is 0. The second kappa shape index (κ2) is 4.14. The molecule has 0 spiro atoms. The molecule has 0 atom stereocenters. The zero-order valence-electron chi connectivity index (χ0n) is 5.56. The van der Waals surface area contributed by atoms with Crippen LogP contribution in [0, 0.1) is 5.92 Å². The van der Waals surface area contributed by atoms with Crippen molar-refractivity contribution in [2.24, 2.45) is 5.92 Å². The Kier molecular flexibility index (Phi) is 3.40. The molecule has 3 heteroatoms. The van der Waals surface area contributed by atoms with Crippen LogP contribution in [0.3, 0.4) is 0 Å². The maximum absolute atomic E-state index is 3.96. The highest BCUT2D eigenvalue weighted by molar-refractivity contribution is 7.78. The van der Waals surface area contributed by atoms with E-state index in [2.05, 4.69) is 22.9 Å². The summed E-state index contributed by atoms with van der Waals surface area (Å²) in [6.07, 6.45) is 2.60. The summed E-state index contributed by atoms with van der Waals surface area (Å²) in [4.78, 5) is 0. The van der Waals surface area contributed by atoms with Gasteiger partial charge in [0.2, 0.25) is 0 Å². The standard InChI is InChI=1S/C6H14N2S/c9-8-5-6-1-3-7-4-2-6/h6-9H,1-5H2. The molecule has 0 unspecified atom stereocenters. The smallest absolute Gasteiger partial charge is 0.00854 e. The fourth-order valence-corrected chi connectivity index (χ4v) is 1.47. The van der Waals surface area contributed by atoms with Crippen molar-refractivity contribution >= 4 is 12.8 Å². The first kappa shape index (κ1) is 7.38. The molecule has 0 bridgehead atoms. The van der Waals surface area contributed by atoms with Crippen LogP contribution in [-0.4, -0.2) is 19.6 Å². The zero-order chi connectivity index (χ0) is 6.53. The number of hydrogen-bond donors (Lipinski definition) is 3. The summed E-state index contributed by atoms with van der Waals surface area (Å²) in [5, 5.41) is 3.32. The van der Waals surface area contributed by atoms with E-state index in [0.717, 1.165) is 12.5 Å². The molecule has 1 aliphatic rings. The predicted octanol–water partition coefficient (Wildman–Crippen LogP) is 0.420. The molecule has 1 rings (SSSR count). The monoisotopic (exact) mass is 146 g/mol. The summed E-state index contributed by atoms with van der Waals surface area (Å²) in [6.45, 7) is 3.42. The topological polar surface area (TPSA) is 24.1 Å². The van der Waals surface area contributed by atoms with Gasteiger partial charge in [0.15, 0.2) is 0 Å². The minimum atomic E-state index is 0.851. The minimum Gasteiger partial charge on any atom is -0.317 e. The van der Waals surface area contributed by atoms with Crippen LogP contribution in [0.1, 0.15) is 12.8 Å². The van der Waals surface area contributed by atoms with Crippen molar-refractivity contribution in [3.8, 4) is 0 Å². The summed E-state index contributed by atoms with van der Waals surface area (Å²) in [6, 6.07) is 0. The lowest BCUT2D eigenvalue weighted by atomic mass is 9.99. The minimum absolute atomic E-state index is 0.851. The van der Waals surface area contributed by atoms with Crippen molar-refractivity contribution in [1.29, 1.82) is 0 Å². The normalized spacial score (nSPS) is 22.3. The van der Waals surface area contributed by atoms with E-state index in [-0.39, 0.29) is 0 Å². The highest BCUT2D eigenvalue weighted by atomic mass is 32.1. The molecule has 1 fully saturated rings. The molecule has 0 aliphatic carbocycles. The summed E-state index contributed by atoms with van der Waals surface area (Å²) < 4.78 is 2.90. The summed E-state index contributed by atoms with van der Waals surface area (Å²) >= 11 is 3.96. The largest absolute Gasteiger partial charge is 0.317 e. The first-order valence-corrected chi connectivity index (χ1v) is 3.96. The number of piperidine rings is 1. The van der Waals surface area contributed by atoms with E-state index in [1.54, 1.807) is 0 Å². The highest BCUT2D eigenvalue weighted by Gasteiger charge is 2.10. The van der Waals surface area contributed by atoms with E-state index in [1.165, 1.54) is 25.9 Å². The van der Waals surface area contributed by atoms with Crippen LogP contribution >= 0.6 is 12.8 Å². The molecule has 9 heavy (non-hydrogen) atoms. The van der Waals surface area contributed by atoms with E-state index in [1.807, 2.05) is 0 Å². The van der Waals surface area contributed by atoms with Crippen molar-refractivity contribution in [3.05, 3.63) is 0 Å². The maximum atomic E-state index is 3.96. The van der Waals surface area contributed by atoms with Crippen molar-refractivity contribution in [3.63, 3.8) is 0 Å². The molecule has 2 nitrogen and oxygen atoms in total. The molecule has 1 heterocycles. The first-order valence-electron chi connectivity index (χ1n) is 3.51. The lowest BCUT2D eigenvalue weighted by Crippen LogP contribution is -2.31. The predicted molar refractivity (Wildman–Crippen MR) is 42.6 cm³/mol. The fourth-order valence-electron chi connectivity index (χ4n) is 1.21. The van der Waals surface area contributed by atoms with Crippen molar-refractivity contribution in [1.82, 2.24) is 10.0 Å². The molecule has 0 radical (unpaired) electrons. The Balaban J connectivity index is 2.08. The Labute approximate surface area is 61.9 Å². The van der Waals surface area contributed by atoms with Crippen molar-refractivity contribution < 1.29 is 0 Å². The van der Waals surface area contributed by atoms with Crippen LogP contribution in [-0.2, 0) is 0 Å². The maximum Gasteiger partial charge on any atom is 0.00854 e. The van der Waals surface area contributed by atoms with Gasteiger partial charge in [-0.25, -0.2) is 0 Å². The molecular formula is C6H14N2S. The highest BCUT2D eigenvalue weighted by Crippen LogP contribution is 2.09. The quantitative estimate of drug-likeness (QED) is 0.492. The molecule has 0 amide bonds. The van der Waals surface area contributed by atoms with Crippen LogP contribution in [0.2, 0.25) is 0 Å². The SMILES string of the molecule is SNCC1CCNCC1. The molecule has 54 valence electrons. The van der Waals surface area contributed by atoms with Crippen LogP contribution in [0.5, 0.6) is 0 Å². The van der Waals surface area contributed by atoms with Crippen LogP contribution in [0.15, 0.2) is 0 Å². The lowest BCUT2D eigenvalue weighted by Gasteiger charge is -2.21. The van der Waals surface area contributed by atoms with E-state index in [0.29, 0.717) is 0 Å². The molecular weight excluding hydrogens is 132 g/mol. The Morgan fingerprint density at radius 2 is 2.11 bits per heavy atom. The molecule has 1 aliphatic heterocycles. The zero-order valence-corrected chi connectivity index (χ0v) is 6.45. The van der Waals surface area contributed by atoms with Crippen LogP contribution < -0.4 is 10.0 Å². The molecule has 1 saturated heterocycles. The lowest BCUT2D eigenvalue weighted by molar-refractivity contribution is 0.376. The Hall–Kier alpha value is 0.270. The van der Waals surface area contributed by atoms with Crippen molar-refractivity contribution in [2.75, 3.05) is 19.6 Å². The number of hydrogen-bond acceptors (Lipinski definition) is 3. The molecule has 0 aromatic heterocycles. The van der Waals surface area contributed by atoms with E-state index in [9.17, 15) is 0 Å². The third kappa shape index (κ3) is 2.56. The Bertz CT molecular complexity index is 68.7. The third-order valence-corrected chi connectivity index (χ3v) is 2.02. The first-order chi connectivity index (χ1) is 4.43. The van der Waals surface area contributed by atoms with Crippen LogP contribution in [0.25, 0.3) is 0 Å². The van der Waals surface area contributed by atoms with E-state index < -0.39 is 0 Å². The fraction of sp³-hybridized carbons (Fsp3) is 1.00. The van der Waals surface area contributed by atoms with E-state index in [4.69, 9.17) is 0 Å². The van der Waals surface area contributed by atoms with Gasteiger partial charge in [0.05, 0.1) is 0 Å². The number of nitrogens with one attached hydrogen (secondary N) is 2. The van der Waals surface area contributed by atoms with E-state index >= 15 is 0 Å². The van der Waals surface area contributed by atoms with Crippen LogP contribution in [0.4, 0.5) is 0 Å². The van der Waals surface area contributed by atoms with Gasteiger partial charge in [0.25, 0.3) is 0 Å². The molecule has 0 saturated carbocycles. The summed E-state index contributed by atoms with van der Waals surface area (Å²) in [5.41, 5.74) is 0. The molecule has 0 aromatic rings. The van der Waals surface area contributed by atoms with Gasteiger partial charge >= 0.3 is 0 Å². The average Bonchev–Trinajstić information content (AvgIpc) is 1.91. The number of rotatable bonds is 2. The second-order valence-electron chi connectivity index (χ2n) is 2.56. The average molecular weight is 146 g/mol. The van der Waals surface area contributed by atoms with Gasteiger partial charge in [-0.05, 0) is 31.8 Å². The summed E-state index contributed by atoms with van der Waals surface area (Å²) in [5.74, 6) is 0.851. The molecule has 2 N–H and O–H groups in total. The second-order valence-corrected chi connectivity index (χ2v) is 2.87. The van der Waals surface area contributed by atoms with Gasteiger partial charge in [-0.15, -0.1) is 0 Å². The van der Waals surface area contributed by atoms with Gasteiger partial charge in [-0.1, -0.05) is 12.8 Å². The Morgan fingerprint density at radius 1 is 1.44 bits per heavy atom. The van der Waals surface area contributed by atoms with Gasteiger partial charge in [-0.2, -0.15) is 0 Å². The van der Waals surface area contributed by atoms with Gasteiger partial charge in [0, 0.05) is 6.54 Å². The van der Waals surface area contributed by atoms with Crippen molar-refractivity contribution in [2.45, 2.75) is 12.8 Å². The third-order valence-electron chi connectivity index (χ3n) is 1.84. The number of thiol groups is 1. The van der Waals surface area contributed by atoms with Gasteiger partial charge in [0.1, 0.15) is 0 Å². The Morgan fingerprint density at radius 3 is 2.67 bits per heavy atom. The van der Waals surface area contributed by atoms with Gasteiger partial charge < -0.3 is 5.32 Å².